The molecule has 0 amide bonds. The van der Waals surface area contributed by atoms with E-state index in [0.29, 0.717) is 6.61 Å². The van der Waals surface area contributed by atoms with E-state index in [2.05, 4.69) is 5.10 Å². The Balaban J connectivity index is 2.33. The van der Waals surface area contributed by atoms with Crippen LogP contribution in [0.1, 0.15) is 23.1 Å². The molecule has 1 aromatic carbocycles. The number of aromatic carboxylic acids is 1. The molecule has 18 heavy (non-hydrogen) atoms. The lowest BCUT2D eigenvalue weighted by Gasteiger charge is -2.06. The molecule has 2 aromatic rings. The Bertz CT molecular complexity index is 558. The summed E-state index contributed by atoms with van der Waals surface area (Å²) in [5.41, 5.74) is 1.63. The van der Waals surface area contributed by atoms with Crippen molar-refractivity contribution in [1.29, 1.82) is 0 Å². The van der Waals surface area contributed by atoms with Gasteiger partial charge in [-0.05, 0) is 44.2 Å². The molecule has 1 N–H and O–H groups in total. The van der Waals surface area contributed by atoms with Gasteiger partial charge < -0.3 is 9.84 Å². The Morgan fingerprint density at radius 1 is 1.39 bits per heavy atom. The van der Waals surface area contributed by atoms with Gasteiger partial charge in [0.2, 0.25) is 0 Å². The Labute approximate surface area is 105 Å². The van der Waals surface area contributed by atoms with Gasteiger partial charge in [0.25, 0.3) is 0 Å². The normalized spacial score (nSPS) is 10.3. The van der Waals surface area contributed by atoms with Crippen molar-refractivity contribution < 1.29 is 14.6 Å². The van der Waals surface area contributed by atoms with Crippen LogP contribution in [0.2, 0.25) is 0 Å². The number of ether oxygens (including phenoxy) is 1. The van der Waals surface area contributed by atoms with E-state index in [-0.39, 0.29) is 5.69 Å². The number of aryl methyl sites for hydroxylation is 1. The highest BCUT2D eigenvalue weighted by Crippen LogP contribution is 2.17. The van der Waals surface area contributed by atoms with Crippen molar-refractivity contribution in [1.82, 2.24) is 9.78 Å². The summed E-state index contributed by atoms with van der Waals surface area (Å²) in [6, 6.07) is 8.90. The molecule has 0 saturated heterocycles. The molecule has 0 spiro atoms. The van der Waals surface area contributed by atoms with E-state index in [1.165, 1.54) is 0 Å². The zero-order valence-electron chi connectivity index (χ0n) is 10.3. The van der Waals surface area contributed by atoms with Crippen molar-refractivity contribution in [2.45, 2.75) is 13.8 Å². The second-order valence-electron chi connectivity index (χ2n) is 3.81. The predicted octanol–water partition coefficient (Wildman–Crippen LogP) is 2.28. The molecule has 0 fully saturated rings. The second-order valence-corrected chi connectivity index (χ2v) is 3.81. The van der Waals surface area contributed by atoms with Crippen LogP contribution in [-0.4, -0.2) is 27.5 Å². The number of benzene rings is 1. The molecule has 0 aliphatic carbocycles. The van der Waals surface area contributed by atoms with Crippen molar-refractivity contribution in [3.05, 3.63) is 41.7 Å². The second kappa shape index (κ2) is 4.91. The quantitative estimate of drug-likeness (QED) is 0.898. The summed E-state index contributed by atoms with van der Waals surface area (Å²) < 4.78 is 6.94. The maximum absolute atomic E-state index is 10.8. The average Bonchev–Trinajstić information content (AvgIpc) is 2.73. The molecule has 0 unspecified atom stereocenters. The highest BCUT2D eigenvalue weighted by atomic mass is 16.5. The van der Waals surface area contributed by atoms with E-state index in [1.54, 1.807) is 10.7 Å². The van der Waals surface area contributed by atoms with E-state index in [4.69, 9.17) is 9.84 Å². The van der Waals surface area contributed by atoms with Crippen LogP contribution in [0.3, 0.4) is 0 Å². The first-order chi connectivity index (χ1) is 8.61. The first kappa shape index (κ1) is 12.2. The topological polar surface area (TPSA) is 64.4 Å². The van der Waals surface area contributed by atoms with Crippen LogP contribution >= 0.6 is 0 Å². The molecule has 1 heterocycles. The third-order valence-corrected chi connectivity index (χ3v) is 2.50. The molecule has 0 aliphatic rings. The van der Waals surface area contributed by atoms with Crippen molar-refractivity contribution in [3.8, 4) is 11.4 Å². The molecule has 0 radical (unpaired) electrons. The Morgan fingerprint density at radius 2 is 2.06 bits per heavy atom. The van der Waals surface area contributed by atoms with E-state index >= 15 is 0 Å². The summed E-state index contributed by atoms with van der Waals surface area (Å²) in [6.45, 7) is 4.35. The average molecular weight is 246 g/mol. The van der Waals surface area contributed by atoms with Crippen molar-refractivity contribution in [2.75, 3.05) is 6.61 Å². The van der Waals surface area contributed by atoms with E-state index in [1.807, 2.05) is 38.1 Å². The van der Waals surface area contributed by atoms with E-state index in [0.717, 1.165) is 17.1 Å². The van der Waals surface area contributed by atoms with E-state index < -0.39 is 5.97 Å². The van der Waals surface area contributed by atoms with Gasteiger partial charge in [-0.3, -0.25) is 0 Å². The number of hydrogen-bond donors (Lipinski definition) is 1. The van der Waals surface area contributed by atoms with Crippen LogP contribution in [-0.2, 0) is 0 Å². The third-order valence-electron chi connectivity index (χ3n) is 2.50. The summed E-state index contributed by atoms with van der Waals surface area (Å²) in [5, 5.41) is 12.9. The van der Waals surface area contributed by atoms with Gasteiger partial charge in [0.1, 0.15) is 5.75 Å². The van der Waals surface area contributed by atoms with Crippen LogP contribution < -0.4 is 4.74 Å². The monoisotopic (exact) mass is 246 g/mol. The number of hydrogen-bond acceptors (Lipinski definition) is 3. The zero-order valence-corrected chi connectivity index (χ0v) is 10.3. The zero-order chi connectivity index (χ0) is 13.1. The van der Waals surface area contributed by atoms with Crippen LogP contribution in [0.15, 0.2) is 30.3 Å². The van der Waals surface area contributed by atoms with Crippen molar-refractivity contribution in [2.24, 2.45) is 0 Å². The minimum Gasteiger partial charge on any atom is -0.494 e. The Morgan fingerprint density at radius 3 is 2.56 bits per heavy atom. The first-order valence-corrected chi connectivity index (χ1v) is 5.65. The van der Waals surface area contributed by atoms with Gasteiger partial charge in [-0.15, -0.1) is 0 Å². The van der Waals surface area contributed by atoms with Crippen LogP contribution in [0.25, 0.3) is 5.69 Å². The highest BCUT2D eigenvalue weighted by molar-refractivity contribution is 5.85. The highest BCUT2D eigenvalue weighted by Gasteiger charge is 2.11. The minimum atomic E-state index is -1.03. The molecule has 94 valence electrons. The maximum Gasteiger partial charge on any atom is 0.356 e. The molecule has 5 nitrogen and oxygen atoms in total. The molecule has 0 saturated carbocycles. The molecule has 1 aromatic heterocycles. The largest absolute Gasteiger partial charge is 0.494 e. The summed E-state index contributed by atoms with van der Waals surface area (Å²) >= 11 is 0. The smallest absolute Gasteiger partial charge is 0.356 e. The summed E-state index contributed by atoms with van der Waals surface area (Å²) in [5.74, 6) is -0.243. The number of nitrogens with zero attached hydrogens (tertiary/aromatic N) is 2. The Kier molecular flexibility index (Phi) is 3.32. The van der Waals surface area contributed by atoms with Crippen LogP contribution in [0.4, 0.5) is 0 Å². The number of rotatable bonds is 4. The lowest BCUT2D eigenvalue weighted by atomic mass is 10.3. The molecule has 0 atom stereocenters. The summed E-state index contributed by atoms with van der Waals surface area (Å²) in [6.07, 6.45) is 0. The molecule has 0 bridgehead atoms. The summed E-state index contributed by atoms with van der Waals surface area (Å²) in [4.78, 5) is 10.8. The van der Waals surface area contributed by atoms with Gasteiger partial charge in [-0.1, -0.05) is 0 Å². The lowest BCUT2D eigenvalue weighted by molar-refractivity contribution is 0.0690. The van der Waals surface area contributed by atoms with E-state index in [9.17, 15) is 4.79 Å². The number of carbonyl (C=O) groups is 1. The van der Waals surface area contributed by atoms with Gasteiger partial charge in [-0.2, -0.15) is 5.10 Å². The lowest BCUT2D eigenvalue weighted by Crippen LogP contribution is -2.02. The van der Waals surface area contributed by atoms with Gasteiger partial charge in [0, 0.05) is 5.69 Å². The van der Waals surface area contributed by atoms with Gasteiger partial charge in [0.15, 0.2) is 5.69 Å². The number of aromatic nitrogens is 2. The Hall–Kier alpha value is -2.30. The van der Waals surface area contributed by atoms with Gasteiger partial charge in [0.05, 0.1) is 12.3 Å². The standard InChI is InChI=1S/C13H14N2O3/c1-3-18-11-6-4-10(5-7-11)15-9(2)8-12(14-15)13(16)17/h4-8H,3H2,1-2H3,(H,16,17). The van der Waals surface area contributed by atoms with Gasteiger partial charge in [-0.25, -0.2) is 9.48 Å². The molecule has 5 heteroatoms. The van der Waals surface area contributed by atoms with Crippen LogP contribution in [0, 0.1) is 6.92 Å². The molecular weight excluding hydrogens is 232 g/mol. The minimum absolute atomic E-state index is 0.0429. The number of carboxylic acid groups (broad SMARTS) is 1. The molecular formula is C13H14N2O3. The maximum atomic E-state index is 10.8. The van der Waals surface area contributed by atoms with Gasteiger partial charge >= 0.3 is 5.97 Å². The predicted molar refractivity (Wildman–Crippen MR) is 66.4 cm³/mol. The summed E-state index contributed by atoms with van der Waals surface area (Å²) in [7, 11) is 0. The SMILES string of the molecule is CCOc1ccc(-n2nc(C(=O)O)cc2C)cc1. The number of carboxylic acids is 1. The third kappa shape index (κ3) is 2.34. The van der Waals surface area contributed by atoms with Crippen molar-refractivity contribution >= 4 is 5.97 Å². The van der Waals surface area contributed by atoms with Crippen molar-refractivity contribution in [3.63, 3.8) is 0 Å². The molecule has 0 aliphatic heterocycles. The first-order valence-electron chi connectivity index (χ1n) is 5.65. The fraction of sp³-hybridized carbons (Fsp3) is 0.231. The van der Waals surface area contributed by atoms with Crippen LogP contribution in [0.5, 0.6) is 5.75 Å². The fourth-order valence-electron chi connectivity index (χ4n) is 1.69. The molecule has 2 rings (SSSR count). The fourth-order valence-corrected chi connectivity index (χ4v) is 1.69.